The summed E-state index contributed by atoms with van der Waals surface area (Å²) in [5, 5.41) is 8.05. The Morgan fingerprint density at radius 3 is 2.90 bits per heavy atom. The van der Waals surface area contributed by atoms with Crippen molar-refractivity contribution in [3.63, 3.8) is 0 Å². The van der Waals surface area contributed by atoms with Gasteiger partial charge in [-0.1, -0.05) is 5.16 Å². The second kappa shape index (κ2) is 5.01. The van der Waals surface area contributed by atoms with Gasteiger partial charge in [-0.15, -0.1) is 0 Å². The number of aryl methyl sites for hydroxylation is 2. The lowest BCUT2D eigenvalue weighted by Crippen LogP contribution is -1.89. The van der Waals surface area contributed by atoms with Crippen molar-refractivity contribution in [2.24, 2.45) is 0 Å². The van der Waals surface area contributed by atoms with Gasteiger partial charge >= 0.3 is 0 Å². The van der Waals surface area contributed by atoms with E-state index < -0.39 is 0 Å². The zero-order chi connectivity index (χ0) is 14.1. The van der Waals surface area contributed by atoms with E-state index in [1.807, 2.05) is 27.0 Å². The number of nitrogens with zero attached hydrogens (tertiary/aromatic N) is 4. The highest BCUT2D eigenvalue weighted by molar-refractivity contribution is 7.10. The molecule has 20 heavy (non-hydrogen) atoms. The summed E-state index contributed by atoms with van der Waals surface area (Å²) in [4.78, 5) is 8.56. The molecule has 102 valence electrons. The zero-order valence-corrected chi connectivity index (χ0v) is 12.2. The van der Waals surface area contributed by atoms with E-state index in [0.29, 0.717) is 11.7 Å². The van der Waals surface area contributed by atoms with E-state index in [1.165, 1.54) is 11.5 Å². The number of hydrogen-bond donors (Lipinski definition) is 1. The summed E-state index contributed by atoms with van der Waals surface area (Å²) in [5.41, 5.74) is 3.66. The molecule has 0 radical (unpaired) electrons. The second-order valence-corrected chi connectivity index (χ2v) is 5.11. The van der Waals surface area contributed by atoms with E-state index >= 15 is 0 Å². The molecule has 0 saturated heterocycles. The first kappa shape index (κ1) is 12.7. The molecule has 3 aromatic rings. The SMILES string of the molecule is CNc1snc(C)c1-c1nc(-c2cnccc2C)no1. The Kier molecular flexibility index (Phi) is 3.19. The van der Waals surface area contributed by atoms with Crippen molar-refractivity contribution in [1.82, 2.24) is 19.5 Å². The van der Waals surface area contributed by atoms with E-state index in [2.05, 4.69) is 24.8 Å². The van der Waals surface area contributed by atoms with Crippen molar-refractivity contribution in [2.45, 2.75) is 13.8 Å². The van der Waals surface area contributed by atoms with Crippen LogP contribution in [-0.2, 0) is 0 Å². The Morgan fingerprint density at radius 1 is 1.30 bits per heavy atom. The third-order valence-electron chi connectivity index (χ3n) is 3.01. The molecule has 0 saturated carbocycles. The maximum Gasteiger partial charge on any atom is 0.263 e. The number of anilines is 1. The summed E-state index contributed by atoms with van der Waals surface area (Å²) in [5.74, 6) is 1.01. The molecule has 0 fully saturated rings. The van der Waals surface area contributed by atoms with Crippen LogP contribution in [0.4, 0.5) is 5.00 Å². The summed E-state index contributed by atoms with van der Waals surface area (Å²) >= 11 is 1.38. The lowest BCUT2D eigenvalue weighted by atomic mass is 10.1. The molecule has 1 N–H and O–H groups in total. The maximum atomic E-state index is 5.38. The Balaban J connectivity index is 2.07. The summed E-state index contributed by atoms with van der Waals surface area (Å²) in [7, 11) is 1.85. The molecule has 3 rings (SSSR count). The Hall–Kier alpha value is -2.28. The fourth-order valence-electron chi connectivity index (χ4n) is 1.92. The van der Waals surface area contributed by atoms with Crippen LogP contribution in [-0.4, -0.2) is 26.5 Å². The summed E-state index contributed by atoms with van der Waals surface area (Å²) in [6.45, 7) is 3.91. The van der Waals surface area contributed by atoms with Gasteiger partial charge in [0.15, 0.2) is 0 Å². The quantitative estimate of drug-likeness (QED) is 0.798. The van der Waals surface area contributed by atoms with Gasteiger partial charge < -0.3 is 9.84 Å². The van der Waals surface area contributed by atoms with Crippen molar-refractivity contribution in [2.75, 3.05) is 12.4 Å². The first-order valence-electron chi connectivity index (χ1n) is 6.09. The highest BCUT2D eigenvalue weighted by Crippen LogP contribution is 2.34. The summed E-state index contributed by atoms with van der Waals surface area (Å²) in [6, 6.07) is 1.92. The van der Waals surface area contributed by atoms with Gasteiger partial charge in [0.25, 0.3) is 5.89 Å². The van der Waals surface area contributed by atoms with Crippen LogP contribution in [0.2, 0.25) is 0 Å². The van der Waals surface area contributed by atoms with E-state index in [4.69, 9.17) is 4.52 Å². The highest BCUT2D eigenvalue weighted by atomic mass is 32.1. The number of hydrogen-bond acceptors (Lipinski definition) is 7. The minimum atomic E-state index is 0.471. The van der Waals surface area contributed by atoms with Crippen molar-refractivity contribution in [3.05, 3.63) is 29.7 Å². The first-order chi connectivity index (χ1) is 9.70. The third-order valence-corrected chi connectivity index (χ3v) is 3.97. The van der Waals surface area contributed by atoms with Crippen LogP contribution in [0.25, 0.3) is 22.8 Å². The minimum absolute atomic E-state index is 0.471. The van der Waals surface area contributed by atoms with Crippen LogP contribution in [0.5, 0.6) is 0 Å². The van der Waals surface area contributed by atoms with Gasteiger partial charge in [0.2, 0.25) is 5.82 Å². The minimum Gasteiger partial charge on any atom is -0.378 e. The standard InChI is InChI=1S/C13H13N5OS/c1-7-4-5-15-6-9(7)11-16-12(19-17-11)10-8(2)18-20-13(10)14-3/h4-6,14H,1-3H3. The molecule has 0 aliphatic heterocycles. The van der Waals surface area contributed by atoms with Crippen molar-refractivity contribution in [1.29, 1.82) is 0 Å². The molecule has 0 amide bonds. The molecule has 0 spiro atoms. The van der Waals surface area contributed by atoms with Gasteiger partial charge in [-0.25, -0.2) is 0 Å². The number of nitrogens with one attached hydrogen (secondary N) is 1. The number of aromatic nitrogens is 4. The molecule has 0 aliphatic rings. The first-order valence-corrected chi connectivity index (χ1v) is 6.87. The Labute approximate surface area is 120 Å². The fourth-order valence-corrected chi connectivity index (χ4v) is 2.66. The predicted molar refractivity (Wildman–Crippen MR) is 77.7 cm³/mol. The second-order valence-electron chi connectivity index (χ2n) is 4.34. The zero-order valence-electron chi connectivity index (χ0n) is 11.3. The molecular weight excluding hydrogens is 274 g/mol. The average Bonchev–Trinajstić information content (AvgIpc) is 3.05. The molecule has 7 heteroatoms. The van der Waals surface area contributed by atoms with E-state index in [9.17, 15) is 0 Å². The summed E-state index contributed by atoms with van der Waals surface area (Å²) in [6.07, 6.45) is 3.48. The Bertz CT molecular complexity index is 749. The molecule has 6 nitrogen and oxygen atoms in total. The molecule has 3 heterocycles. The van der Waals surface area contributed by atoms with Crippen LogP contribution in [0.3, 0.4) is 0 Å². The fraction of sp³-hybridized carbons (Fsp3) is 0.231. The molecule has 0 atom stereocenters. The van der Waals surface area contributed by atoms with E-state index in [-0.39, 0.29) is 0 Å². The molecular formula is C13H13N5OS. The van der Waals surface area contributed by atoms with Crippen LogP contribution in [0.15, 0.2) is 23.0 Å². The van der Waals surface area contributed by atoms with Gasteiger partial charge in [-0.05, 0) is 37.0 Å². The summed E-state index contributed by atoms with van der Waals surface area (Å²) < 4.78 is 9.68. The normalized spacial score (nSPS) is 10.8. The highest BCUT2D eigenvalue weighted by Gasteiger charge is 2.19. The van der Waals surface area contributed by atoms with Crippen molar-refractivity contribution >= 4 is 16.5 Å². The topological polar surface area (TPSA) is 76.7 Å². The van der Waals surface area contributed by atoms with Gasteiger partial charge in [0, 0.05) is 25.0 Å². The van der Waals surface area contributed by atoms with E-state index in [0.717, 1.165) is 27.4 Å². The number of pyridine rings is 1. The monoisotopic (exact) mass is 287 g/mol. The molecule has 0 aliphatic carbocycles. The third kappa shape index (κ3) is 2.05. The van der Waals surface area contributed by atoms with Crippen LogP contribution in [0, 0.1) is 13.8 Å². The molecule has 0 unspecified atom stereocenters. The van der Waals surface area contributed by atoms with Crippen molar-refractivity contribution < 1.29 is 4.52 Å². The van der Waals surface area contributed by atoms with Crippen LogP contribution >= 0.6 is 11.5 Å². The largest absolute Gasteiger partial charge is 0.378 e. The van der Waals surface area contributed by atoms with E-state index in [1.54, 1.807) is 12.4 Å². The van der Waals surface area contributed by atoms with Gasteiger partial charge in [-0.2, -0.15) is 9.36 Å². The van der Waals surface area contributed by atoms with Gasteiger partial charge in [0.1, 0.15) is 5.00 Å². The smallest absolute Gasteiger partial charge is 0.263 e. The average molecular weight is 287 g/mol. The molecule has 3 aromatic heterocycles. The maximum absolute atomic E-state index is 5.38. The Morgan fingerprint density at radius 2 is 2.15 bits per heavy atom. The number of rotatable bonds is 3. The van der Waals surface area contributed by atoms with Crippen LogP contribution < -0.4 is 5.32 Å². The lowest BCUT2D eigenvalue weighted by molar-refractivity contribution is 0.432. The molecule has 0 aromatic carbocycles. The predicted octanol–water partition coefficient (Wildman–Crippen LogP) is 2.91. The lowest BCUT2D eigenvalue weighted by Gasteiger charge is -1.98. The van der Waals surface area contributed by atoms with Crippen molar-refractivity contribution in [3.8, 4) is 22.8 Å². The molecule has 0 bridgehead atoms. The van der Waals surface area contributed by atoms with Gasteiger partial charge in [-0.3, -0.25) is 4.98 Å². The van der Waals surface area contributed by atoms with Gasteiger partial charge in [0.05, 0.1) is 11.3 Å². The van der Waals surface area contributed by atoms with Crippen LogP contribution in [0.1, 0.15) is 11.3 Å².